The predicted octanol–water partition coefficient (Wildman–Crippen LogP) is 1.40. The van der Waals surface area contributed by atoms with Gasteiger partial charge in [-0.1, -0.05) is 0 Å². The number of carbonyl (C=O) groups is 2. The minimum Gasteiger partial charge on any atom is -0.480 e. The molecule has 7 heteroatoms. The zero-order valence-electron chi connectivity index (χ0n) is 12.1. The molecule has 0 aliphatic carbocycles. The van der Waals surface area contributed by atoms with E-state index in [-0.39, 0.29) is 12.1 Å². The first kappa shape index (κ1) is 17.1. The topological polar surface area (TPSA) is 78.9 Å². The van der Waals surface area contributed by atoms with Gasteiger partial charge in [-0.15, -0.1) is 0 Å². The maximum atomic E-state index is 12.1. The van der Waals surface area contributed by atoms with Crippen molar-refractivity contribution in [2.45, 2.75) is 38.3 Å². The first-order valence-electron chi connectivity index (χ1n) is 6.97. The Morgan fingerprint density at radius 2 is 2.30 bits per heavy atom. The van der Waals surface area contributed by atoms with Crippen LogP contribution in [0.2, 0.25) is 0 Å². The van der Waals surface area contributed by atoms with Crippen LogP contribution in [0.3, 0.4) is 0 Å². The molecular weight excluding hydrogens is 280 g/mol. The second-order valence-corrected chi connectivity index (χ2v) is 5.77. The summed E-state index contributed by atoms with van der Waals surface area (Å²) in [5, 5.41) is 11.7. The van der Waals surface area contributed by atoms with Crippen LogP contribution < -0.4 is 5.32 Å². The number of nitrogens with one attached hydrogen (secondary N) is 1. The molecule has 6 nitrogen and oxygen atoms in total. The molecule has 0 aromatic carbocycles. The molecule has 1 heterocycles. The SMILES string of the molecule is CCOC1CCCN(C(=O)N[C@H](CCSC)C(=O)O)C1. The van der Waals surface area contributed by atoms with Crippen LogP contribution in [-0.4, -0.2) is 65.9 Å². The van der Waals surface area contributed by atoms with E-state index >= 15 is 0 Å². The minimum atomic E-state index is -0.981. The molecule has 1 fully saturated rings. The molecule has 1 unspecified atom stereocenters. The number of piperidine rings is 1. The summed E-state index contributed by atoms with van der Waals surface area (Å²) in [5.41, 5.74) is 0. The predicted molar refractivity (Wildman–Crippen MR) is 79.2 cm³/mol. The largest absolute Gasteiger partial charge is 0.480 e. The first-order valence-corrected chi connectivity index (χ1v) is 8.36. The Morgan fingerprint density at radius 3 is 2.90 bits per heavy atom. The average molecular weight is 304 g/mol. The van der Waals surface area contributed by atoms with Gasteiger partial charge in [0.05, 0.1) is 6.10 Å². The lowest BCUT2D eigenvalue weighted by Crippen LogP contribution is -2.52. The molecule has 1 saturated heterocycles. The number of carboxylic acids is 1. The van der Waals surface area contributed by atoms with E-state index in [1.165, 1.54) is 0 Å². The maximum Gasteiger partial charge on any atom is 0.326 e. The molecule has 1 aliphatic rings. The Labute approximate surface area is 124 Å². The number of hydrogen-bond acceptors (Lipinski definition) is 4. The van der Waals surface area contributed by atoms with Crippen LogP contribution >= 0.6 is 11.8 Å². The molecule has 0 aromatic heterocycles. The van der Waals surface area contributed by atoms with Crippen LogP contribution in [-0.2, 0) is 9.53 Å². The van der Waals surface area contributed by atoms with Crippen molar-refractivity contribution >= 4 is 23.8 Å². The number of aliphatic carboxylic acids is 1. The van der Waals surface area contributed by atoms with Gasteiger partial charge in [-0.25, -0.2) is 9.59 Å². The number of urea groups is 1. The fraction of sp³-hybridized carbons (Fsp3) is 0.846. The Kier molecular flexibility index (Phi) is 7.76. The Hall–Kier alpha value is -0.950. The maximum absolute atomic E-state index is 12.1. The van der Waals surface area contributed by atoms with E-state index in [0.29, 0.717) is 31.9 Å². The zero-order chi connectivity index (χ0) is 15.0. The monoisotopic (exact) mass is 304 g/mol. The standard InChI is InChI=1S/C13H24N2O4S/c1-3-19-10-5-4-7-15(9-10)13(18)14-11(12(16)17)6-8-20-2/h10-11H,3-9H2,1-2H3,(H,14,18)(H,16,17)/t10?,11-/m1/s1. The molecule has 20 heavy (non-hydrogen) atoms. The fourth-order valence-electron chi connectivity index (χ4n) is 2.23. The molecule has 1 aliphatic heterocycles. The summed E-state index contributed by atoms with van der Waals surface area (Å²) >= 11 is 1.57. The van der Waals surface area contributed by atoms with Crippen molar-refractivity contribution in [3.05, 3.63) is 0 Å². The molecule has 0 saturated carbocycles. The number of thioether (sulfide) groups is 1. The molecule has 0 aromatic rings. The van der Waals surface area contributed by atoms with E-state index in [2.05, 4.69) is 5.32 Å². The Balaban J connectivity index is 2.48. The quantitative estimate of drug-likeness (QED) is 0.743. The molecule has 2 atom stereocenters. The van der Waals surface area contributed by atoms with Gasteiger partial charge in [0.1, 0.15) is 6.04 Å². The normalized spacial score (nSPS) is 20.5. The van der Waals surface area contributed by atoms with Gasteiger partial charge in [0, 0.05) is 19.7 Å². The van der Waals surface area contributed by atoms with Crippen molar-refractivity contribution in [3.63, 3.8) is 0 Å². The first-order chi connectivity index (χ1) is 9.58. The van der Waals surface area contributed by atoms with Gasteiger partial charge in [-0.05, 0) is 38.2 Å². The highest BCUT2D eigenvalue weighted by molar-refractivity contribution is 7.98. The second-order valence-electron chi connectivity index (χ2n) is 4.79. The van der Waals surface area contributed by atoms with Crippen molar-refractivity contribution < 1.29 is 19.4 Å². The number of carboxylic acid groups (broad SMARTS) is 1. The number of hydrogen-bond donors (Lipinski definition) is 2. The van der Waals surface area contributed by atoms with Crippen LogP contribution in [0.1, 0.15) is 26.2 Å². The lowest BCUT2D eigenvalue weighted by molar-refractivity contribution is -0.139. The number of rotatable bonds is 7. The van der Waals surface area contributed by atoms with Crippen LogP contribution in [0.15, 0.2) is 0 Å². The third kappa shape index (κ3) is 5.58. The van der Waals surface area contributed by atoms with Crippen LogP contribution in [0.4, 0.5) is 4.79 Å². The van der Waals surface area contributed by atoms with Crippen molar-refractivity contribution in [1.29, 1.82) is 0 Å². The van der Waals surface area contributed by atoms with Gasteiger partial charge in [0.25, 0.3) is 0 Å². The number of ether oxygens (including phenoxy) is 1. The van der Waals surface area contributed by atoms with Gasteiger partial charge in [0.15, 0.2) is 0 Å². The number of nitrogens with zero attached hydrogens (tertiary/aromatic N) is 1. The summed E-state index contributed by atoms with van der Waals surface area (Å²) in [7, 11) is 0. The molecule has 0 radical (unpaired) electrons. The summed E-state index contributed by atoms with van der Waals surface area (Å²) in [6.45, 7) is 3.76. The molecule has 1 rings (SSSR count). The van der Waals surface area contributed by atoms with Crippen LogP contribution in [0, 0.1) is 0 Å². The molecular formula is C13H24N2O4S. The van der Waals surface area contributed by atoms with E-state index in [0.717, 1.165) is 12.8 Å². The third-order valence-corrected chi connectivity index (χ3v) is 3.92. The van der Waals surface area contributed by atoms with Gasteiger partial charge in [0.2, 0.25) is 0 Å². The second kappa shape index (κ2) is 9.07. The summed E-state index contributed by atoms with van der Waals surface area (Å²) in [6, 6.07) is -1.12. The van der Waals surface area contributed by atoms with E-state index in [9.17, 15) is 9.59 Å². The van der Waals surface area contributed by atoms with Crippen LogP contribution in [0.5, 0.6) is 0 Å². The lowest BCUT2D eigenvalue weighted by Gasteiger charge is -2.33. The number of likely N-dealkylation sites (tertiary alicyclic amines) is 1. The molecule has 0 spiro atoms. The van der Waals surface area contributed by atoms with Gasteiger partial charge < -0.3 is 20.1 Å². The van der Waals surface area contributed by atoms with Crippen LogP contribution in [0.25, 0.3) is 0 Å². The summed E-state index contributed by atoms with van der Waals surface area (Å²) in [4.78, 5) is 24.9. The molecule has 116 valence electrons. The fourth-order valence-corrected chi connectivity index (χ4v) is 2.70. The van der Waals surface area contributed by atoms with Gasteiger partial charge in [-0.2, -0.15) is 11.8 Å². The summed E-state index contributed by atoms with van der Waals surface area (Å²) in [6.07, 6.45) is 4.25. The van der Waals surface area contributed by atoms with Gasteiger partial charge >= 0.3 is 12.0 Å². The minimum absolute atomic E-state index is 0.0639. The van der Waals surface area contributed by atoms with E-state index in [1.54, 1.807) is 16.7 Å². The highest BCUT2D eigenvalue weighted by atomic mass is 32.2. The third-order valence-electron chi connectivity index (χ3n) is 3.27. The van der Waals surface area contributed by atoms with E-state index in [1.807, 2.05) is 13.2 Å². The Bertz CT molecular complexity index is 325. The highest BCUT2D eigenvalue weighted by Crippen LogP contribution is 2.13. The van der Waals surface area contributed by atoms with E-state index in [4.69, 9.17) is 9.84 Å². The smallest absolute Gasteiger partial charge is 0.326 e. The number of carbonyl (C=O) groups excluding carboxylic acids is 1. The zero-order valence-corrected chi connectivity index (χ0v) is 12.9. The van der Waals surface area contributed by atoms with E-state index < -0.39 is 12.0 Å². The van der Waals surface area contributed by atoms with Gasteiger partial charge in [-0.3, -0.25) is 0 Å². The van der Waals surface area contributed by atoms with Crippen molar-refractivity contribution in [1.82, 2.24) is 10.2 Å². The summed E-state index contributed by atoms with van der Waals surface area (Å²) in [5.74, 6) is -0.274. The molecule has 2 N–H and O–H groups in total. The molecule has 0 bridgehead atoms. The molecule has 2 amide bonds. The van der Waals surface area contributed by atoms with Crippen molar-refractivity contribution in [2.24, 2.45) is 0 Å². The average Bonchev–Trinajstić information content (AvgIpc) is 2.43. The summed E-state index contributed by atoms with van der Waals surface area (Å²) < 4.78 is 5.54. The lowest BCUT2D eigenvalue weighted by atomic mass is 10.1. The number of amides is 2. The van der Waals surface area contributed by atoms with Crippen molar-refractivity contribution in [3.8, 4) is 0 Å². The van der Waals surface area contributed by atoms with Crippen molar-refractivity contribution in [2.75, 3.05) is 31.7 Å². The highest BCUT2D eigenvalue weighted by Gasteiger charge is 2.27. The Morgan fingerprint density at radius 1 is 1.55 bits per heavy atom.